The van der Waals surface area contributed by atoms with Crippen molar-refractivity contribution in [1.82, 2.24) is 4.72 Å². The topological polar surface area (TPSA) is 55.4 Å². The van der Waals surface area contributed by atoms with E-state index in [-0.39, 0.29) is 6.04 Å². The molecular weight excluding hydrogens is 334 g/mol. The highest BCUT2D eigenvalue weighted by atomic mass is 32.2. The summed E-state index contributed by atoms with van der Waals surface area (Å²) in [6.07, 6.45) is 3.39. The molecule has 0 amide bonds. The summed E-state index contributed by atoms with van der Waals surface area (Å²) in [4.78, 5) is 0.304. The number of fused-ring (bicyclic) bond motifs is 1. The first-order chi connectivity index (χ1) is 11.8. The van der Waals surface area contributed by atoms with Gasteiger partial charge in [-0.2, -0.15) is 0 Å². The minimum Gasteiger partial charge on any atom is -0.496 e. The summed E-state index contributed by atoms with van der Waals surface area (Å²) in [5, 5.41) is 0. The number of methoxy groups -OCH3 is 1. The monoisotopic (exact) mass is 359 g/mol. The van der Waals surface area contributed by atoms with Crippen molar-refractivity contribution >= 4 is 10.0 Å². The van der Waals surface area contributed by atoms with Gasteiger partial charge in [0, 0.05) is 6.04 Å². The Kier molecular flexibility index (Phi) is 4.89. The highest BCUT2D eigenvalue weighted by Gasteiger charge is 2.22. The van der Waals surface area contributed by atoms with E-state index >= 15 is 0 Å². The van der Waals surface area contributed by atoms with Gasteiger partial charge in [0.05, 0.1) is 12.0 Å². The molecule has 0 unspecified atom stereocenters. The molecule has 0 saturated heterocycles. The van der Waals surface area contributed by atoms with E-state index in [2.05, 4.69) is 16.9 Å². The largest absolute Gasteiger partial charge is 0.496 e. The van der Waals surface area contributed by atoms with Gasteiger partial charge in [-0.3, -0.25) is 0 Å². The van der Waals surface area contributed by atoms with Gasteiger partial charge in [-0.05, 0) is 80.0 Å². The van der Waals surface area contributed by atoms with Gasteiger partial charge in [0.25, 0.3) is 0 Å². The molecule has 1 aliphatic carbocycles. The molecular formula is C20H25NO3S. The highest BCUT2D eigenvalue weighted by Crippen LogP contribution is 2.28. The number of hydrogen-bond acceptors (Lipinski definition) is 3. The molecule has 0 aliphatic heterocycles. The SMILES string of the molecule is COc1cc(C)c(S(=O)(=O)N[C@H](C)c2ccc3c(c2)CCC3)cc1C. The van der Waals surface area contributed by atoms with Crippen LogP contribution < -0.4 is 9.46 Å². The maximum absolute atomic E-state index is 12.9. The fraction of sp³-hybridized carbons (Fsp3) is 0.400. The van der Waals surface area contributed by atoms with E-state index in [9.17, 15) is 8.42 Å². The van der Waals surface area contributed by atoms with Gasteiger partial charge >= 0.3 is 0 Å². The van der Waals surface area contributed by atoms with Gasteiger partial charge in [-0.15, -0.1) is 0 Å². The predicted molar refractivity (Wildman–Crippen MR) is 99.7 cm³/mol. The minimum atomic E-state index is -3.61. The number of ether oxygens (including phenoxy) is 1. The van der Waals surface area contributed by atoms with Crippen LogP contribution in [0.3, 0.4) is 0 Å². The number of sulfonamides is 1. The van der Waals surface area contributed by atoms with Gasteiger partial charge < -0.3 is 4.74 Å². The molecule has 3 rings (SSSR count). The molecule has 1 N–H and O–H groups in total. The number of aryl methyl sites for hydroxylation is 4. The van der Waals surface area contributed by atoms with E-state index in [0.717, 1.165) is 24.0 Å². The van der Waals surface area contributed by atoms with Crippen LogP contribution in [-0.4, -0.2) is 15.5 Å². The third-order valence-electron chi connectivity index (χ3n) is 4.94. The lowest BCUT2D eigenvalue weighted by Gasteiger charge is -2.18. The van der Waals surface area contributed by atoms with Crippen LogP contribution in [0.25, 0.3) is 0 Å². The second-order valence-electron chi connectivity index (χ2n) is 6.81. The Bertz CT molecular complexity index is 903. The maximum atomic E-state index is 12.9. The maximum Gasteiger partial charge on any atom is 0.241 e. The summed E-state index contributed by atoms with van der Waals surface area (Å²) in [5.74, 6) is 0.697. The molecule has 5 heteroatoms. The standard InChI is InChI=1S/C20H25NO3S/c1-13-11-20(14(2)10-19(13)24-4)25(22,23)21-15(3)17-9-8-16-6-5-7-18(16)12-17/h8-12,15,21H,5-7H2,1-4H3/t15-/m1/s1. The van der Waals surface area contributed by atoms with Gasteiger partial charge in [-0.25, -0.2) is 13.1 Å². The van der Waals surface area contributed by atoms with E-state index in [1.54, 1.807) is 26.2 Å². The number of nitrogens with one attached hydrogen (secondary N) is 1. The Morgan fingerprint density at radius 1 is 1.04 bits per heavy atom. The van der Waals surface area contributed by atoms with Crippen LogP contribution >= 0.6 is 0 Å². The van der Waals surface area contributed by atoms with E-state index in [1.165, 1.54) is 17.5 Å². The highest BCUT2D eigenvalue weighted by molar-refractivity contribution is 7.89. The summed E-state index contributed by atoms with van der Waals surface area (Å²) < 4.78 is 33.8. The lowest BCUT2D eigenvalue weighted by molar-refractivity contribution is 0.411. The molecule has 1 aliphatic rings. The van der Waals surface area contributed by atoms with Crippen molar-refractivity contribution in [3.8, 4) is 5.75 Å². The third-order valence-corrected chi connectivity index (χ3v) is 6.62. The summed E-state index contributed by atoms with van der Waals surface area (Å²) in [6, 6.07) is 9.46. The Morgan fingerprint density at radius 3 is 2.48 bits per heavy atom. The Hall–Kier alpha value is -1.85. The van der Waals surface area contributed by atoms with Crippen LogP contribution in [0, 0.1) is 13.8 Å². The second kappa shape index (κ2) is 6.81. The van der Waals surface area contributed by atoms with Crippen LogP contribution in [0.2, 0.25) is 0 Å². The normalized spacial score (nSPS) is 15.0. The molecule has 0 fully saturated rings. The zero-order valence-electron chi connectivity index (χ0n) is 15.2. The van der Waals surface area contributed by atoms with Crippen molar-refractivity contribution in [2.75, 3.05) is 7.11 Å². The van der Waals surface area contributed by atoms with Crippen LogP contribution in [-0.2, 0) is 22.9 Å². The smallest absolute Gasteiger partial charge is 0.241 e. The first-order valence-corrected chi connectivity index (χ1v) is 10.1. The fourth-order valence-corrected chi connectivity index (χ4v) is 5.04. The third kappa shape index (κ3) is 3.58. The number of rotatable bonds is 5. The minimum absolute atomic E-state index is 0.280. The van der Waals surface area contributed by atoms with Crippen molar-refractivity contribution in [2.24, 2.45) is 0 Å². The van der Waals surface area contributed by atoms with E-state index in [4.69, 9.17) is 4.74 Å². The molecule has 2 aromatic rings. The first kappa shape index (κ1) is 18.0. The average molecular weight is 359 g/mol. The van der Waals surface area contributed by atoms with Gasteiger partial charge in [0.15, 0.2) is 0 Å². The van der Waals surface area contributed by atoms with Crippen molar-refractivity contribution < 1.29 is 13.2 Å². The molecule has 4 nitrogen and oxygen atoms in total. The zero-order chi connectivity index (χ0) is 18.2. The molecule has 0 aromatic heterocycles. The lowest BCUT2D eigenvalue weighted by atomic mass is 10.0. The quantitative estimate of drug-likeness (QED) is 0.882. The van der Waals surface area contributed by atoms with Crippen LogP contribution in [0.1, 0.15) is 47.2 Å². The van der Waals surface area contributed by atoms with E-state index in [1.807, 2.05) is 19.9 Å². The number of benzene rings is 2. The number of hydrogen-bond donors (Lipinski definition) is 1. The lowest BCUT2D eigenvalue weighted by Crippen LogP contribution is -2.27. The second-order valence-corrected chi connectivity index (χ2v) is 8.49. The molecule has 0 bridgehead atoms. The van der Waals surface area contributed by atoms with Crippen LogP contribution in [0.4, 0.5) is 0 Å². The fourth-order valence-electron chi connectivity index (χ4n) is 3.50. The van der Waals surface area contributed by atoms with E-state index < -0.39 is 10.0 Å². The summed E-state index contributed by atoms with van der Waals surface area (Å²) >= 11 is 0. The summed E-state index contributed by atoms with van der Waals surface area (Å²) in [7, 11) is -2.02. The van der Waals surface area contributed by atoms with Crippen LogP contribution in [0.15, 0.2) is 35.2 Å². The van der Waals surface area contributed by atoms with Crippen molar-refractivity contribution in [3.63, 3.8) is 0 Å². The summed E-state index contributed by atoms with van der Waals surface area (Å²) in [5.41, 5.74) is 5.22. The van der Waals surface area contributed by atoms with Gasteiger partial charge in [-0.1, -0.05) is 18.2 Å². The molecule has 134 valence electrons. The van der Waals surface area contributed by atoms with Gasteiger partial charge in [0.1, 0.15) is 5.75 Å². The van der Waals surface area contributed by atoms with Crippen LogP contribution in [0.5, 0.6) is 5.75 Å². The Labute approximate surface area is 150 Å². The van der Waals surface area contributed by atoms with Crippen molar-refractivity contribution in [2.45, 2.75) is 51.0 Å². The molecule has 0 radical (unpaired) electrons. The van der Waals surface area contributed by atoms with E-state index in [0.29, 0.717) is 16.2 Å². The zero-order valence-corrected chi connectivity index (χ0v) is 16.0. The molecule has 0 heterocycles. The molecule has 1 atom stereocenters. The predicted octanol–water partition coefficient (Wildman–Crippen LogP) is 3.84. The first-order valence-electron chi connectivity index (χ1n) is 8.61. The molecule has 25 heavy (non-hydrogen) atoms. The molecule has 0 spiro atoms. The summed E-state index contributed by atoms with van der Waals surface area (Å²) in [6.45, 7) is 5.53. The van der Waals surface area contributed by atoms with Crippen molar-refractivity contribution in [1.29, 1.82) is 0 Å². The molecule has 2 aromatic carbocycles. The van der Waals surface area contributed by atoms with Crippen molar-refractivity contribution in [3.05, 3.63) is 58.1 Å². The Morgan fingerprint density at radius 2 is 1.76 bits per heavy atom. The average Bonchev–Trinajstić information content (AvgIpc) is 3.03. The molecule has 0 saturated carbocycles. The Balaban J connectivity index is 1.87. The van der Waals surface area contributed by atoms with Gasteiger partial charge in [0.2, 0.25) is 10.0 Å².